The normalized spacial score (nSPS) is 26.5. The Hall–Kier alpha value is -1.16. The largest absolute Gasteiger partial charge is 0.393 e. The minimum Gasteiger partial charge on any atom is -0.393 e. The van der Waals surface area contributed by atoms with Gasteiger partial charge in [-0.25, -0.2) is 0 Å². The van der Waals surface area contributed by atoms with Crippen molar-refractivity contribution in [3.05, 3.63) is 48.6 Å². The van der Waals surface area contributed by atoms with E-state index in [0.717, 1.165) is 0 Å². The van der Waals surface area contributed by atoms with Crippen molar-refractivity contribution in [2.24, 2.45) is 5.41 Å². The summed E-state index contributed by atoms with van der Waals surface area (Å²) in [5, 5.41) is 9.98. The summed E-state index contributed by atoms with van der Waals surface area (Å²) in [6.45, 7) is 9.22. The van der Waals surface area contributed by atoms with Gasteiger partial charge in [0.2, 0.25) is 0 Å². The van der Waals surface area contributed by atoms with E-state index in [4.69, 9.17) is 9.47 Å². The second-order valence-electron chi connectivity index (χ2n) is 6.49. The molecule has 3 heteroatoms. The van der Waals surface area contributed by atoms with Crippen molar-refractivity contribution in [2.75, 3.05) is 6.61 Å². The summed E-state index contributed by atoms with van der Waals surface area (Å²) in [7, 11) is 0. The Balaban J connectivity index is 1.87. The van der Waals surface area contributed by atoms with Gasteiger partial charge < -0.3 is 14.6 Å². The van der Waals surface area contributed by atoms with Gasteiger partial charge in [0.1, 0.15) is 0 Å². The number of benzene rings is 1. The maximum Gasteiger partial charge on any atom is 0.0781 e. The highest BCUT2D eigenvalue weighted by molar-refractivity contribution is 5.13. The zero-order valence-electron chi connectivity index (χ0n) is 13.0. The van der Waals surface area contributed by atoms with E-state index in [2.05, 4.69) is 32.6 Å². The average Bonchev–Trinajstić information content (AvgIpc) is 2.47. The number of rotatable bonds is 6. The van der Waals surface area contributed by atoms with Crippen molar-refractivity contribution in [1.82, 2.24) is 0 Å². The van der Waals surface area contributed by atoms with Gasteiger partial charge in [0.25, 0.3) is 0 Å². The van der Waals surface area contributed by atoms with Crippen LogP contribution in [-0.4, -0.2) is 30.0 Å². The van der Waals surface area contributed by atoms with Gasteiger partial charge in [0, 0.05) is 18.3 Å². The summed E-state index contributed by atoms with van der Waals surface area (Å²) in [6.07, 6.45) is 2.68. The molecule has 0 saturated carbocycles. The van der Waals surface area contributed by atoms with Gasteiger partial charge in [0.15, 0.2) is 0 Å². The fourth-order valence-electron chi connectivity index (χ4n) is 2.69. The van der Waals surface area contributed by atoms with Crippen molar-refractivity contribution < 1.29 is 14.6 Å². The fourth-order valence-corrected chi connectivity index (χ4v) is 2.69. The molecule has 1 N–H and O–H groups in total. The zero-order valence-corrected chi connectivity index (χ0v) is 13.0. The molecular formula is C18H26O3. The van der Waals surface area contributed by atoms with E-state index in [1.165, 1.54) is 5.56 Å². The summed E-state index contributed by atoms with van der Waals surface area (Å²) in [5.41, 5.74) is 1.03. The molecule has 0 amide bonds. The first-order valence-corrected chi connectivity index (χ1v) is 7.59. The fraction of sp³-hybridized carbons (Fsp3) is 0.556. The minimum atomic E-state index is -0.319. The molecule has 0 bridgehead atoms. The molecule has 116 valence electrons. The third-order valence-corrected chi connectivity index (χ3v) is 4.05. The number of hydrogen-bond acceptors (Lipinski definition) is 3. The minimum absolute atomic E-state index is 0.0139. The predicted octanol–water partition coefficient (Wildman–Crippen LogP) is 3.32. The maximum absolute atomic E-state index is 9.98. The molecule has 1 saturated heterocycles. The number of aliphatic hydroxyl groups is 1. The Morgan fingerprint density at radius 1 is 1.33 bits per heavy atom. The second kappa shape index (κ2) is 7.21. The van der Waals surface area contributed by atoms with Gasteiger partial charge in [-0.1, -0.05) is 50.3 Å². The van der Waals surface area contributed by atoms with Crippen molar-refractivity contribution in [3.63, 3.8) is 0 Å². The van der Waals surface area contributed by atoms with E-state index in [1.807, 2.05) is 18.2 Å². The quantitative estimate of drug-likeness (QED) is 0.817. The summed E-state index contributed by atoms with van der Waals surface area (Å²) in [6, 6.07) is 10.1. The van der Waals surface area contributed by atoms with Gasteiger partial charge in [0.05, 0.1) is 31.5 Å². The first-order valence-electron chi connectivity index (χ1n) is 7.59. The number of ether oxygens (including phenoxy) is 2. The molecule has 21 heavy (non-hydrogen) atoms. The van der Waals surface area contributed by atoms with E-state index >= 15 is 0 Å². The Kier molecular flexibility index (Phi) is 5.57. The van der Waals surface area contributed by atoms with Crippen molar-refractivity contribution >= 4 is 0 Å². The monoisotopic (exact) mass is 290 g/mol. The molecule has 1 aliphatic heterocycles. The first-order chi connectivity index (χ1) is 10.0. The predicted molar refractivity (Wildman–Crippen MR) is 84.0 cm³/mol. The van der Waals surface area contributed by atoms with Crippen LogP contribution in [0.15, 0.2) is 43.0 Å². The van der Waals surface area contributed by atoms with Crippen LogP contribution in [0.4, 0.5) is 0 Å². The molecule has 0 aliphatic carbocycles. The lowest BCUT2D eigenvalue weighted by Gasteiger charge is -2.41. The van der Waals surface area contributed by atoms with Crippen LogP contribution in [0.3, 0.4) is 0 Å². The third kappa shape index (κ3) is 4.67. The molecule has 0 unspecified atom stereocenters. The first kappa shape index (κ1) is 16.2. The van der Waals surface area contributed by atoms with E-state index in [9.17, 15) is 5.11 Å². The highest BCUT2D eigenvalue weighted by atomic mass is 16.5. The Morgan fingerprint density at radius 2 is 2.05 bits per heavy atom. The lowest BCUT2D eigenvalue weighted by molar-refractivity contribution is -0.139. The van der Waals surface area contributed by atoms with Crippen LogP contribution in [-0.2, 0) is 16.1 Å². The van der Waals surface area contributed by atoms with E-state index in [0.29, 0.717) is 26.1 Å². The van der Waals surface area contributed by atoms with Gasteiger partial charge in [-0.2, -0.15) is 0 Å². The molecule has 1 fully saturated rings. The van der Waals surface area contributed by atoms with Crippen LogP contribution in [0, 0.1) is 5.41 Å². The second-order valence-corrected chi connectivity index (χ2v) is 6.49. The average molecular weight is 290 g/mol. The van der Waals surface area contributed by atoms with Gasteiger partial charge in [-0.05, 0) is 5.56 Å². The number of hydrogen-bond donors (Lipinski definition) is 1. The molecule has 1 aliphatic rings. The van der Waals surface area contributed by atoms with Gasteiger partial charge >= 0.3 is 0 Å². The van der Waals surface area contributed by atoms with Crippen LogP contribution in [0.1, 0.15) is 32.3 Å². The highest BCUT2D eigenvalue weighted by Crippen LogP contribution is 2.33. The summed E-state index contributed by atoms with van der Waals surface area (Å²) in [5.74, 6) is 0. The van der Waals surface area contributed by atoms with Gasteiger partial charge in [-0.15, -0.1) is 6.58 Å². The number of aliphatic hydroxyl groups excluding tert-OH is 1. The molecule has 1 aromatic carbocycles. The molecule has 0 radical (unpaired) electrons. The van der Waals surface area contributed by atoms with Crippen molar-refractivity contribution in [1.29, 1.82) is 0 Å². The lowest BCUT2D eigenvalue weighted by Crippen LogP contribution is -2.45. The van der Waals surface area contributed by atoms with Crippen LogP contribution in [0.25, 0.3) is 0 Å². The summed E-state index contributed by atoms with van der Waals surface area (Å²) >= 11 is 0. The third-order valence-electron chi connectivity index (χ3n) is 4.05. The molecule has 2 rings (SSSR count). The summed E-state index contributed by atoms with van der Waals surface area (Å²) in [4.78, 5) is 0. The van der Waals surface area contributed by atoms with E-state index in [1.54, 1.807) is 6.08 Å². The lowest BCUT2D eigenvalue weighted by atomic mass is 9.81. The van der Waals surface area contributed by atoms with Crippen LogP contribution in [0.5, 0.6) is 0 Å². The molecule has 1 aromatic rings. The van der Waals surface area contributed by atoms with E-state index in [-0.39, 0.29) is 23.7 Å². The SMILES string of the molecule is C=C[C@@H]1C[C@@H](O)C[C@H](C(C)(C)COCc2ccccc2)O1. The highest BCUT2D eigenvalue weighted by Gasteiger charge is 2.37. The van der Waals surface area contributed by atoms with Crippen molar-refractivity contribution in [2.45, 2.75) is 51.6 Å². The smallest absolute Gasteiger partial charge is 0.0781 e. The summed E-state index contributed by atoms with van der Waals surface area (Å²) < 4.78 is 11.9. The van der Waals surface area contributed by atoms with E-state index < -0.39 is 0 Å². The Bertz CT molecular complexity index is 441. The molecule has 0 spiro atoms. The van der Waals surface area contributed by atoms with Gasteiger partial charge in [-0.3, -0.25) is 0 Å². The Labute approximate surface area is 127 Å². The molecule has 0 aromatic heterocycles. The molecule has 3 nitrogen and oxygen atoms in total. The molecule has 3 atom stereocenters. The Morgan fingerprint density at radius 3 is 2.71 bits per heavy atom. The standard InChI is InChI=1S/C18H26O3/c1-4-16-10-15(19)11-17(21-16)18(2,3)13-20-12-14-8-6-5-7-9-14/h4-9,15-17,19H,1,10-13H2,2-3H3/t15-,16-,17-/m1/s1. The van der Waals surface area contributed by atoms with Crippen molar-refractivity contribution in [3.8, 4) is 0 Å². The molecular weight excluding hydrogens is 264 g/mol. The topological polar surface area (TPSA) is 38.7 Å². The maximum atomic E-state index is 9.98. The zero-order chi connectivity index (χ0) is 15.3. The van der Waals surface area contributed by atoms with Crippen LogP contribution in [0.2, 0.25) is 0 Å². The van der Waals surface area contributed by atoms with Crippen LogP contribution >= 0.6 is 0 Å². The van der Waals surface area contributed by atoms with Crippen LogP contribution < -0.4 is 0 Å². The molecule has 1 heterocycles.